The molecule has 2 nitrogen and oxygen atoms in total. The molecule has 1 heterocycles. The lowest BCUT2D eigenvalue weighted by atomic mass is 10.3. The van der Waals surface area contributed by atoms with Gasteiger partial charge in [0.2, 0.25) is 5.56 Å². The van der Waals surface area contributed by atoms with Crippen LogP contribution in [-0.4, -0.2) is 4.98 Å². The highest BCUT2D eigenvalue weighted by molar-refractivity contribution is 9.10. The predicted molar refractivity (Wildman–Crippen MR) is 44.7 cm³/mol. The highest BCUT2D eigenvalue weighted by Gasteiger charge is 2.16. The average molecular weight is 258 g/mol. The Kier molecular flexibility index (Phi) is 2.85. The second kappa shape index (κ2) is 3.53. The Morgan fingerprint density at radius 3 is 2.58 bits per heavy atom. The molecular formula is C6H3BrClF2NO. The summed E-state index contributed by atoms with van der Waals surface area (Å²) in [4.78, 5) is 12.7. The van der Waals surface area contributed by atoms with E-state index < -0.39 is 17.5 Å². The lowest BCUT2D eigenvalue weighted by molar-refractivity contribution is 0.150. The summed E-state index contributed by atoms with van der Waals surface area (Å²) >= 11 is 8.18. The molecule has 12 heavy (non-hydrogen) atoms. The third kappa shape index (κ3) is 1.84. The number of pyridine rings is 1. The van der Waals surface area contributed by atoms with Crippen LogP contribution in [0.15, 0.2) is 15.3 Å². The molecule has 0 aliphatic carbocycles. The molecule has 66 valence electrons. The number of alkyl halides is 2. The van der Waals surface area contributed by atoms with Gasteiger partial charge in [0.1, 0.15) is 5.15 Å². The number of rotatable bonds is 1. The average Bonchev–Trinajstić information content (AvgIpc) is 1.82. The minimum absolute atomic E-state index is 0.0197. The molecule has 0 atom stereocenters. The van der Waals surface area contributed by atoms with E-state index in [0.717, 1.165) is 6.07 Å². The molecule has 0 bridgehead atoms. The van der Waals surface area contributed by atoms with Crippen LogP contribution in [0.2, 0.25) is 5.15 Å². The first-order valence-electron chi connectivity index (χ1n) is 2.88. The van der Waals surface area contributed by atoms with Crippen molar-refractivity contribution < 1.29 is 8.78 Å². The summed E-state index contributed by atoms with van der Waals surface area (Å²) in [5.41, 5.74) is -0.910. The summed E-state index contributed by atoms with van der Waals surface area (Å²) in [7, 11) is 0. The minimum atomic E-state index is -2.70. The molecule has 0 unspecified atom stereocenters. The standard InChI is InChI=1S/C6H3BrClF2NO/c7-2-1-3(12)11-5(8)4(2)6(9)10/h1,6H,(H,11,12). The Morgan fingerprint density at radius 2 is 2.17 bits per heavy atom. The molecule has 1 rings (SSSR count). The van der Waals surface area contributed by atoms with Gasteiger partial charge in [-0.15, -0.1) is 0 Å². The molecule has 1 N–H and O–H groups in total. The zero-order chi connectivity index (χ0) is 9.30. The molecule has 1 aromatic rings. The number of hydrogen-bond acceptors (Lipinski definition) is 1. The van der Waals surface area contributed by atoms with Gasteiger partial charge in [0, 0.05) is 10.5 Å². The Bertz CT molecular complexity index is 326. The van der Waals surface area contributed by atoms with Gasteiger partial charge >= 0.3 is 0 Å². The maximum Gasteiger partial charge on any atom is 0.267 e. The maximum absolute atomic E-state index is 12.2. The van der Waals surface area contributed by atoms with Crippen LogP contribution in [0.25, 0.3) is 0 Å². The lowest BCUT2D eigenvalue weighted by Crippen LogP contribution is -2.06. The summed E-state index contributed by atoms with van der Waals surface area (Å²) in [6, 6.07) is 1.01. The molecule has 0 fully saturated rings. The van der Waals surface area contributed by atoms with Crippen LogP contribution in [0.1, 0.15) is 12.0 Å². The third-order valence-corrected chi connectivity index (χ3v) is 2.16. The third-order valence-electron chi connectivity index (χ3n) is 1.20. The monoisotopic (exact) mass is 257 g/mol. The summed E-state index contributed by atoms with van der Waals surface area (Å²) in [6.45, 7) is 0. The van der Waals surface area contributed by atoms with Crippen molar-refractivity contribution in [2.45, 2.75) is 6.43 Å². The quantitative estimate of drug-likeness (QED) is 0.772. The normalized spacial score (nSPS) is 10.8. The molecule has 0 radical (unpaired) electrons. The van der Waals surface area contributed by atoms with Crippen LogP contribution in [0, 0.1) is 0 Å². The first kappa shape index (κ1) is 9.67. The van der Waals surface area contributed by atoms with E-state index in [-0.39, 0.29) is 9.63 Å². The van der Waals surface area contributed by atoms with Crippen molar-refractivity contribution in [2.24, 2.45) is 0 Å². The fourth-order valence-electron chi connectivity index (χ4n) is 0.709. The van der Waals surface area contributed by atoms with Crippen LogP contribution >= 0.6 is 27.5 Å². The van der Waals surface area contributed by atoms with E-state index in [1.54, 1.807) is 0 Å². The fraction of sp³-hybridized carbons (Fsp3) is 0.167. The number of nitrogens with one attached hydrogen (secondary N) is 1. The first-order chi connectivity index (χ1) is 5.52. The lowest BCUT2D eigenvalue weighted by Gasteiger charge is -2.03. The summed E-state index contributed by atoms with van der Waals surface area (Å²) in [5, 5.41) is -0.329. The van der Waals surface area contributed by atoms with Gasteiger partial charge in [-0.1, -0.05) is 11.6 Å². The Balaban J connectivity index is 3.38. The van der Waals surface area contributed by atoms with Gasteiger partial charge in [-0.3, -0.25) is 4.79 Å². The van der Waals surface area contributed by atoms with Crippen LogP contribution in [0.3, 0.4) is 0 Å². The maximum atomic E-state index is 12.2. The van der Waals surface area contributed by atoms with Gasteiger partial charge in [0.05, 0.1) is 5.56 Å². The van der Waals surface area contributed by atoms with E-state index >= 15 is 0 Å². The summed E-state index contributed by atoms with van der Waals surface area (Å²) in [6.07, 6.45) is -2.70. The SMILES string of the molecule is O=c1cc(Br)c(C(F)F)c(Cl)[nH]1. The molecule has 0 aromatic carbocycles. The Hall–Kier alpha value is -0.420. The highest BCUT2D eigenvalue weighted by atomic mass is 79.9. The van der Waals surface area contributed by atoms with Gasteiger partial charge in [0.15, 0.2) is 0 Å². The van der Waals surface area contributed by atoms with Gasteiger partial charge in [-0.2, -0.15) is 0 Å². The number of hydrogen-bond donors (Lipinski definition) is 1. The largest absolute Gasteiger partial charge is 0.312 e. The fourth-order valence-corrected chi connectivity index (χ4v) is 1.68. The summed E-state index contributed by atoms with van der Waals surface area (Å²) < 4.78 is 24.4. The number of aromatic amines is 1. The molecule has 1 aromatic heterocycles. The van der Waals surface area contributed by atoms with Gasteiger partial charge in [0.25, 0.3) is 6.43 Å². The van der Waals surface area contributed by atoms with Crippen LogP contribution in [0.5, 0.6) is 0 Å². The molecule has 0 aliphatic rings. The molecule has 6 heteroatoms. The van der Waals surface area contributed by atoms with Gasteiger partial charge in [-0.05, 0) is 15.9 Å². The smallest absolute Gasteiger partial charge is 0.267 e. The van der Waals surface area contributed by atoms with Crippen molar-refractivity contribution in [3.05, 3.63) is 31.6 Å². The molecule has 0 saturated heterocycles. The molecular weight excluding hydrogens is 255 g/mol. The van der Waals surface area contributed by atoms with Crippen molar-refractivity contribution in [1.29, 1.82) is 0 Å². The number of H-pyrrole nitrogens is 1. The van der Waals surface area contributed by atoms with Crippen molar-refractivity contribution in [1.82, 2.24) is 4.98 Å². The number of aromatic nitrogens is 1. The molecule has 0 saturated carbocycles. The van der Waals surface area contributed by atoms with E-state index in [4.69, 9.17) is 11.6 Å². The second-order valence-corrected chi connectivity index (χ2v) is 3.24. The van der Waals surface area contributed by atoms with E-state index in [1.807, 2.05) is 0 Å². The van der Waals surface area contributed by atoms with Crippen molar-refractivity contribution >= 4 is 27.5 Å². The summed E-state index contributed by atoms with van der Waals surface area (Å²) in [5.74, 6) is 0. The topological polar surface area (TPSA) is 32.9 Å². The first-order valence-corrected chi connectivity index (χ1v) is 4.06. The zero-order valence-electron chi connectivity index (χ0n) is 5.57. The number of halogens is 4. The van der Waals surface area contributed by atoms with E-state index in [9.17, 15) is 13.6 Å². The van der Waals surface area contributed by atoms with Crippen molar-refractivity contribution in [2.75, 3.05) is 0 Å². The van der Waals surface area contributed by atoms with Gasteiger partial charge < -0.3 is 4.98 Å². The van der Waals surface area contributed by atoms with E-state index in [0.29, 0.717) is 0 Å². The molecule has 0 aliphatic heterocycles. The molecule has 0 spiro atoms. The van der Waals surface area contributed by atoms with E-state index in [1.165, 1.54) is 0 Å². The zero-order valence-corrected chi connectivity index (χ0v) is 7.92. The van der Waals surface area contributed by atoms with Crippen molar-refractivity contribution in [3.8, 4) is 0 Å². The van der Waals surface area contributed by atoms with Crippen LogP contribution in [0.4, 0.5) is 8.78 Å². The van der Waals surface area contributed by atoms with Crippen molar-refractivity contribution in [3.63, 3.8) is 0 Å². The molecule has 0 amide bonds. The van der Waals surface area contributed by atoms with Crippen LogP contribution < -0.4 is 5.56 Å². The highest BCUT2D eigenvalue weighted by Crippen LogP contribution is 2.30. The van der Waals surface area contributed by atoms with Crippen LogP contribution in [-0.2, 0) is 0 Å². The van der Waals surface area contributed by atoms with Gasteiger partial charge in [-0.25, -0.2) is 8.78 Å². The second-order valence-electron chi connectivity index (χ2n) is 2.01. The van der Waals surface area contributed by atoms with E-state index in [2.05, 4.69) is 20.9 Å². The Morgan fingerprint density at radius 1 is 1.58 bits per heavy atom. The predicted octanol–water partition coefficient (Wildman–Crippen LogP) is 2.73. The Labute approximate surface area is 79.7 Å². The minimum Gasteiger partial charge on any atom is -0.312 e.